The second kappa shape index (κ2) is 9.31. The number of hydrogen-bond acceptors (Lipinski definition) is 7. The summed E-state index contributed by atoms with van der Waals surface area (Å²) in [6, 6.07) is 15.7. The van der Waals surface area contributed by atoms with Crippen molar-refractivity contribution in [1.82, 2.24) is 5.43 Å². The summed E-state index contributed by atoms with van der Waals surface area (Å²) in [5.74, 6) is -0.902. The normalized spacial score (nSPS) is 11.1. The number of halogens is 3. The van der Waals surface area contributed by atoms with Crippen molar-refractivity contribution in [1.29, 1.82) is 0 Å². The molecule has 0 aliphatic heterocycles. The van der Waals surface area contributed by atoms with Crippen molar-refractivity contribution in [2.24, 2.45) is 0 Å². The molecule has 0 unspecified atom stereocenters. The van der Waals surface area contributed by atoms with E-state index in [1.807, 2.05) is 30.3 Å². The molecule has 0 fully saturated rings. The standard InChI is InChI=1S/C20H15F3N4O5/c21-20(22,23)14-10-17(26(28)29)19(18(11-14)27(30)31)32-16-8-6-13(7-9-16)12-24-25-15-4-2-1-3-5-15/h1-11,24-25H,12H2. The van der Waals surface area contributed by atoms with Gasteiger partial charge in [-0.05, 0) is 29.8 Å². The number of nitrogens with one attached hydrogen (secondary N) is 2. The lowest BCUT2D eigenvalue weighted by molar-refractivity contribution is -0.396. The second-order valence-corrected chi connectivity index (χ2v) is 6.45. The van der Waals surface area contributed by atoms with Crippen LogP contribution in [-0.2, 0) is 12.7 Å². The number of hydrazine groups is 1. The van der Waals surface area contributed by atoms with Gasteiger partial charge in [0.05, 0.1) is 15.4 Å². The van der Waals surface area contributed by atoms with Gasteiger partial charge in [0.1, 0.15) is 5.75 Å². The highest BCUT2D eigenvalue weighted by molar-refractivity contribution is 5.63. The molecule has 3 rings (SSSR count). The molecule has 3 aromatic rings. The van der Waals surface area contributed by atoms with Gasteiger partial charge in [-0.25, -0.2) is 5.43 Å². The Kier molecular flexibility index (Phi) is 6.54. The minimum atomic E-state index is -5.00. The zero-order valence-corrected chi connectivity index (χ0v) is 16.1. The highest BCUT2D eigenvalue weighted by Crippen LogP contribution is 2.44. The molecule has 0 aliphatic rings. The number of nitrogens with zero attached hydrogens (tertiary/aromatic N) is 2. The Morgan fingerprint density at radius 1 is 0.875 bits per heavy atom. The van der Waals surface area contributed by atoms with Crippen molar-refractivity contribution in [2.45, 2.75) is 12.7 Å². The Balaban J connectivity index is 1.80. The van der Waals surface area contributed by atoms with Gasteiger partial charge in [0.15, 0.2) is 0 Å². The Hall–Kier alpha value is -4.19. The fraction of sp³-hybridized carbons (Fsp3) is 0.100. The Morgan fingerprint density at radius 3 is 1.94 bits per heavy atom. The third-order valence-corrected chi connectivity index (χ3v) is 4.21. The zero-order chi connectivity index (χ0) is 23.3. The highest BCUT2D eigenvalue weighted by Gasteiger charge is 2.38. The molecule has 0 saturated heterocycles. The van der Waals surface area contributed by atoms with Gasteiger partial charge < -0.3 is 10.2 Å². The van der Waals surface area contributed by atoms with Crippen molar-refractivity contribution in [2.75, 3.05) is 5.43 Å². The van der Waals surface area contributed by atoms with E-state index in [0.29, 0.717) is 6.54 Å². The van der Waals surface area contributed by atoms with Crippen LogP contribution in [0.15, 0.2) is 66.7 Å². The summed E-state index contributed by atoms with van der Waals surface area (Å²) >= 11 is 0. The number of nitro benzene ring substituents is 2. The molecule has 0 saturated carbocycles. The molecule has 0 heterocycles. The second-order valence-electron chi connectivity index (χ2n) is 6.45. The van der Waals surface area contributed by atoms with E-state index in [-0.39, 0.29) is 17.9 Å². The summed E-state index contributed by atoms with van der Waals surface area (Å²) in [4.78, 5) is 20.2. The summed E-state index contributed by atoms with van der Waals surface area (Å²) in [7, 11) is 0. The lowest BCUT2D eigenvalue weighted by Crippen LogP contribution is -2.20. The first-order valence-electron chi connectivity index (χ1n) is 9.00. The molecule has 0 aliphatic carbocycles. The van der Waals surface area contributed by atoms with Gasteiger partial charge in [-0.2, -0.15) is 13.2 Å². The number of hydrogen-bond donors (Lipinski definition) is 2. The molecule has 0 amide bonds. The van der Waals surface area contributed by atoms with Crippen LogP contribution < -0.4 is 15.6 Å². The van der Waals surface area contributed by atoms with E-state index in [9.17, 15) is 33.4 Å². The van der Waals surface area contributed by atoms with Gasteiger partial charge >= 0.3 is 17.6 Å². The first kappa shape index (κ1) is 22.5. The van der Waals surface area contributed by atoms with Crippen LogP contribution in [0.4, 0.5) is 30.2 Å². The van der Waals surface area contributed by atoms with Crippen molar-refractivity contribution in [3.05, 3.63) is 98.1 Å². The largest absolute Gasteiger partial charge is 0.444 e. The average molecular weight is 448 g/mol. The molecule has 0 atom stereocenters. The summed E-state index contributed by atoms with van der Waals surface area (Å²) in [5, 5.41) is 22.6. The first-order valence-corrected chi connectivity index (χ1v) is 9.00. The molecule has 2 N–H and O–H groups in total. The minimum absolute atomic E-state index is 0.0178. The summed E-state index contributed by atoms with van der Waals surface area (Å²) < 4.78 is 44.2. The van der Waals surface area contributed by atoms with Gasteiger partial charge in [-0.1, -0.05) is 30.3 Å². The Morgan fingerprint density at radius 2 is 1.44 bits per heavy atom. The van der Waals surface area contributed by atoms with E-state index in [0.717, 1.165) is 11.3 Å². The molecule has 9 nitrogen and oxygen atoms in total. The Labute approximate surface area is 178 Å². The molecule has 3 aromatic carbocycles. The number of anilines is 1. The summed E-state index contributed by atoms with van der Waals surface area (Å²) in [6.07, 6.45) is -5.00. The molecular formula is C20H15F3N4O5. The molecule has 0 bridgehead atoms. The molecule has 0 aromatic heterocycles. The van der Waals surface area contributed by atoms with Crippen LogP contribution in [0.2, 0.25) is 0 Å². The smallest absolute Gasteiger partial charge is 0.416 e. The number of benzene rings is 3. The Bertz CT molecular complexity index is 1090. The molecule has 0 spiro atoms. The van der Waals surface area contributed by atoms with Gasteiger partial charge in [0.25, 0.3) is 5.75 Å². The van der Waals surface area contributed by atoms with Gasteiger partial charge in [0, 0.05) is 24.4 Å². The van der Waals surface area contributed by atoms with Crippen LogP contribution >= 0.6 is 0 Å². The van der Waals surface area contributed by atoms with Gasteiger partial charge in [-0.3, -0.25) is 20.2 Å². The third-order valence-electron chi connectivity index (χ3n) is 4.21. The maximum Gasteiger partial charge on any atom is 0.416 e. The minimum Gasteiger partial charge on any atom is -0.444 e. The van der Waals surface area contributed by atoms with Crippen LogP contribution in [0.1, 0.15) is 11.1 Å². The van der Waals surface area contributed by atoms with Crippen molar-refractivity contribution < 1.29 is 27.8 Å². The topological polar surface area (TPSA) is 120 Å². The van der Waals surface area contributed by atoms with Crippen LogP contribution in [0.3, 0.4) is 0 Å². The van der Waals surface area contributed by atoms with Crippen molar-refractivity contribution >= 4 is 17.1 Å². The van der Waals surface area contributed by atoms with Crippen molar-refractivity contribution in [3.8, 4) is 11.5 Å². The number of nitro groups is 2. The van der Waals surface area contributed by atoms with Crippen LogP contribution in [0.5, 0.6) is 11.5 Å². The third kappa shape index (κ3) is 5.49. The summed E-state index contributed by atoms with van der Waals surface area (Å²) in [5.41, 5.74) is 3.74. The summed E-state index contributed by atoms with van der Waals surface area (Å²) in [6.45, 7) is 0.385. The number of ether oxygens (including phenoxy) is 1. The fourth-order valence-corrected chi connectivity index (χ4v) is 2.70. The predicted octanol–water partition coefficient (Wildman–Crippen LogP) is 5.43. The van der Waals surface area contributed by atoms with E-state index in [2.05, 4.69) is 10.9 Å². The predicted molar refractivity (Wildman–Crippen MR) is 108 cm³/mol. The van der Waals surface area contributed by atoms with Crippen LogP contribution in [0, 0.1) is 20.2 Å². The van der Waals surface area contributed by atoms with Crippen molar-refractivity contribution in [3.63, 3.8) is 0 Å². The molecule has 166 valence electrons. The zero-order valence-electron chi connectivity index (χ0n) is 16.1. The monoisotopic (exact) mass is 448 g/mol. The van der Waals surface area contributed by atoms with Gasteiger partial charge in [0.2, 0.25) is 0 Å². The lowest BCUT2D eigenvalue weighted by atomic mass is 10.1. The number of alkyl halides is 3. The van der Waals surface area contributed by atoms with Crippen LogP contribution in [-0.4, -0.2) is 9.85 Å². The molecule has 0 radical (unpaired) electrons. The SMILES string of the molecule is O=[N+]([O-])c1cc(C(F)(F)F)cc([N+](=O)[O-])c1Oc1ccc(CNNc2ccccc2)cc1. The van der Waals surface area contributed by atoms with Crippen LogP contribution in [0.25, 0.3) is 0 Å². The highest BCUT2D eigenvalue weighted by atomic mass is 19.4. The number of rotatable bonds is 8. The average Bonchev–Trinajstić information content (AvgIpc) is 2.74. The van der Waals surface area contributed by atoms with E-state index >= 15 is 0 Å². The molecule has 32 heavy (non-hydrogen) atoms. The van der Waals surface area contributed by atoms with E-state index in [1.54, 1.807) is 12.1 Å². The first-order chi connectivity index (χ1) is 15.1. The number of para-hydroxylation sites is 1. The maximum absolute atomic E-state index is 13.0. The molecular weight excluding hydrogens is 433 g/mol. The van der Waals surface area contributed by atoms with Gasteiger partial charge in [-0.15, -0.1) is 0 Å². The quantitative estimate of drug-likeness (QED) is 0.348. The molecule has 12 heteroatoms. The maximum atomic E-state index is 13.0. The fourth-order valence-electron chi connectivity index (χ4n) is 2.70. The lowest BCUT2D eigenvalue weighted by Gasteiger charge is -2.11. The van der Waals surface area contributed by atoms with E-state index in [4.69, 9.17) is 4.74 Å². The van der Waals surface area contributed by atoms with E-state index < -0.39 is 38.7 Å². The van der Waals surface area contributed by atoms with E-state index in [1.165, 1.54) is 12.1 Å².